The van der Waals surface area contributed by atoms with Gasteiger partial charge in [-0.3, -0.25) is 0 Å². The number of anilines is 1. The fourth-order valence-corrected chi connectivity index (χ4v) is 2.48. The van der Waals surface area contributed by atoms with Crippen molar-refractivity contribution in [2.45, 2.75) is 6.92 Å². The topological polar surface area (TPSA) is 41.4 Å². The number of benzene rings is 1. The lowest BCUT2D eigenvalue weighted by molar-refractivity contribution is 0.969. The highest BCUT2D eigenvalue weighted by atomic mass is 15.0. The third kappa shape index (κ3) is 2.81. The van der Waals surface area contributed by atoms with Gasteiger partial charge in [-0.25, -0.2) is 4.99 Å². The Hall–Kier alpha value is -2.75. The Balaban J connectivity index is 1.61. The van der Waals surface area contributed by atoms with E-state index in [1.165, 1.54) is 10.9 Å². The fourth-order valence-electron chi connectivity index (χ4n) is 2.48. The number of rotatable bonds is 4. The van der Waals surface area contributed by atoms with Crippen molar-refractivity contribution in [3.63, 3.8) is 0 Å². The Morgan fingerprint density at radius 2 is 2.23 bits per heavy atom. The van der Waals surface area contributed by atoms with Crippen LogP contribution in [0.3, 0.4) is 0 Å². The largest absolute Gasteiger partial charge is 0.379 e. The van der Waals surface area contributed by atoms with E-state index in [1.54, 1.807) is 6.20 Å². The minimum atomic E-state index is 0.645. The van der Waals surface area contributed by atoms with Gasteiger partial charge in [0.05, 0.1) is 6.54 Å². The Kier molecular flexibility index (Phi) is 3.83. The third-order valence-corrected chi connectivity index (χ3v) is 3.73. The van der Waals surface area contributed by atoms with Crippen molar-refractivity contribution in [3.8, 4) is 0 Å². The number of nitrogens with one attached hydrogen (secondary N) is 2. The summed E-state index contributed by atoms with van der Waals surface area (Å²) in [5.74, 6) is 0.854. The highest BCUT2D eigenvalue weighted by Crippen LogP contribution is 2.19. The second-order valence-electron chi connectivity index (χ2n) is 5.32. The highest BCUT2D eigenvalue weighted by Gasteiger charge is 2.08. The van der Waals surface area contributed by atoms with Crippen LogP contribution < -0.4 is 10.6 Å². The first-order valence-electron chi connectivity index (χ1n) is 7.32. The number of hydrogen-bond acceptors (Lipinski definition) is 3. The van der Waals surface area contributed by atoms with Gasteiger partial charge in [-0.1, -0.05) is 18.7 Å². The average Bonchev–Trinajstić information content (AvgIpc) is 3.12. The SMILES string of the molecule is C=C(CNc1ccc2ccn(C)c2c1)NC1=NC=C/C1=C/C. The molecule has 1 aliphatic rings. The molecule has 0 radical (unpaired) electrons. The van der Waals surface area contributed by atoms with Crippen molar-refractivity contribution in [3.05, 3.63) is 66.7 Å². The van der Waals surface area contributed by atoms with Crippen LogP contribution in [0.2, 0.25) is 0 Å². The van der Waals surface area contributed by atoms with Crippen molar-refractivity contribution in [2.75, 3.05) is 11.9 Å². The zero-order valence-electron chi connectivity index (χ0n) is 12.9. The molecule has 2 heterocycles. The summed E-state index contributed by atoms with van der Waals surface area (Å²) in [6.45, 7) is 6.70. The van der Waals surface area contributed by atoms with Crippen molar-refractivity contribution < 1.29 is 0 Å². The number of nitrogens with zero attached hydrogens (tertiary/aromatic N) is 2. The summed E-state index contributed by atoms with van der Waals surface area (Å²) in [4.78, 5) is 4.29. The lowest BCUT2D eigenvalue weighted by Gasteiger charge is -2.12. The van der Waals surface area contributed by atoms with E-state index in [1.807, 2.05) is 19.1 Å². The molecule has 0 bridgehead atoms. The zero-order chi connectivity index (χ0) is 15.5. The van der Waals surface area contributed by atoms with Crippen LogP contribution in [0.25, 0.3) is 10.9 Å². The molecule has 0 atom stereocenters. The van der Waals surface area contributed by atoms with E-state index >= 15 is 0 Å². The Labute approximate surface area is 130 Å². The molecule has 0 aliphatic carbocycles. The number of aromatic nitrogens is 1. The molecule has 22 heavy (non-hydrogen) atoms. The summed E-state index contributed by atoms with van der Waals surface area (Å²) in [6, 6.07) is 8.47. The molecule has 112 valence electrons. The zero-order valence-corrected chi connectivity index (χ0v) is 12.9. The molecule has 0 amide bonds. The van der Waals surface area contributed by atoms with Crippen molar-refractivity contribution in [1.29, 1.82) is 0 Å². The summed E-state index contributed by atoms with van der Waals surface area (Å²) >= 11 is 0. The first kappa shape index (κ1) is 14.2. The summed E-state index contributed by atoms with van der Waals surface area (Å²) in [6.07, 6.45) is 7.87. The molecular formula is C18H20N4. The molecule has 0 saturated carbocycles. The van der Waals surface area contributed by atoms with Gasteiger partial charge in [-0.15, -0.1) is 0 Å². The van der Waals surface area contributed by atoms with Gasteiger partial charge >= 0.3 is 0 Å². The lowest BCUT2D eigenvalue weighted by atomic mass is 10.2. The van der Waals surface area contributed by atoms with Gasteiger partial charge in [0, 0.05) is 41.9 Å². The average molecular weight is 292 g/mol. The third-order valence-electron chi connectivity index (χ3n) is 3.73. The van der Waals surface area contributed by atoms with Crippen LogP contribution in [0.15, 0.2) is 71.7 Å². The normalized spacial score (nSPS) is 15.4. The second kappa shape index (κ2) is 5.93. The fraction of sp³-hybridized carbons (Fsp3) is 0.167. The van der Waals surface area contributed by atoms with Gasteiger partial charge in [0.1, 0.15) is 5.84 Å². The molecule has 1 aliphatic heterocycles. The van der Waals surface area contributed by atoms with E-state index in [9.17, 15) is 0 Å². The predicted octanol–water partition coefficient (Wildman–Crippen LogP) is 3.57. The molecular weight excluding hydrogens is 272 g/mol. The molecule has 1 aromatic heterocycles. The minimum Gasteiger partial charge on any atom is -0.379 e. The highest BCUT2D eigenvalue weighted by molar-refractivity contribution is 6.03. The number of aryl methyl sites for hydroxylation is 1. The molecule has 4 heteroatoms. The summed E-state index contributed by atoms with van der Waals surface area (Å²) in [7, 11) is 2.05. The Morgan fingerprint density at radius 1 is 1.36 bits per heavy atom. The van der Waals surface area contributed by atoms with Crippen LogP contribution in [-0.2, 0) is 7.05 Å². The molecule has 0 unspecified atom stereocenters. The van der Waals surface area contributed by atoms with Crippen molar-refractivity contribution in [1.82, 2.24) is 9.88 Å². The molecule has 4 nitrogen and oxygen atoms in total. The first-order chi connectivity index (χ1) is 10.7. The molecule has 3 rings (SSSR count). The van der Waals surface area contributed by atoms with Crippen molar-refractivity contribution >= 4 is 22.4 Å². The maximum atomic E-state index is 4.29. The number of hydrogen-bond donors (Lipinski definition) is 2. The van der Waals surface area contributed by atoms with E-state index in [0.29, 0.717) is 6.54 Å². The van der Waals surface area contributed by atoms with E-state index in [0.717, 1.165) is 22.8 Å². The maximum absolute atomic E-state index is 4.29. The van der Waals surface area contributed by atoms with Crippen LogP contribution in [0.5, 0.6) is 0 Å². The van der Waals surface area contributed by atoms with Gasteiger partial charge in [-0.05, 0) is 36.6 Å². The molecule has 0 saturated heterocycles. The quantitative estimate of drug-likeness (QED) is 0.904. The van der Waals surface area contributed by atoms with Crippen molar-refractivity contribution in [2.24, 2.45) is 12.0 Å². The van der Waals surface area contributed by atoms with Gasteiger partial charge in [0.15, 0.2) is 0 Å². The van der Waals surface area contributed by atoms with E-state index in [4.69, 9.17) is 0 Å². The number of aliphatic imine (C=N–C) groups is 1. The van der Waals surface area contributed by atoms with Crippen LogP contribution >= 0.6 is 0 Å². The van der Waals surface area contributed by atoms with E-state index in [-0.39, 0.29) is 0 Å². The molecule has 0 spiro atoms. The lowest BCUT2D eigenvalue weighted by Crippen LogP contribution is -2.26. The Morgan fingerprint density at radius 3 is 3.05 bits per heavy atom. The Bertz CT molecular complexity index is 806. The standard InChI is InChI=1S/C18H20N4/c1-4-14-7-9-19-18(14)21-13(2)12-20-16-6-5-15-8-10-22(3)17(15)11-16/h4-11,20H,2,12H2,1,3H3,(H,19,21)/b14-4-. The summed E-state index contributed by atoms with van der Waals surface area (Å²) in [5.41, 5.74) is 4.26. The van der Waals surface area contributed by atoms with Gasteiger partial charge in [0.25, 0.3) is 0 Å². The van der Waals surface area contributed by atoms with Crippen LogP contribution in [0.1, 0.15) is 6.92 Å². The second-order valence-corrected chi connectivity index (χ2v) is 5.32. The van der Waals surface area contributed by atoms with Crippen LogP contribution in [0, 0.1) is 0 Å². The molecule has 2 aromatic rings. The number of allylic oxidation sites excluding steroid dienone is 1. The number of amidine groups is 1. The van der Waals surface area contributed by atoms with Gasteiger partial charge in [-0.2, -0.15) is 0 Å². The van der Waals surface area contributed by atoms with Gasteiger partial charge < -0.3 is 15.2 Å². The monoisotopic (exact) mass is 292 g/mol. The maximum Gasteiger partial charge on any atom is 0.137 e. The molecule has 0 fully saturated rings. The number of fused-ring (bicyclic) bond motifs is 1. The summed E-state index contributed by atoms with van der Waals surface area (Å²) in [5, 5.41) is 7.89. The summed E-state index contributed by atoms with van der Waals surface area (Å²) < 4.78 is 2.12. The van der Waals surface area contributed by atoms with Gasteiger partial charge in [0.2, 0.25) is 0 Å². The molecule has 1 aromatic carbocycles. The smallest absolute Gasteiger partial charge is 0.137 e. The van der Waals surface area contributed by atoms with E-state index in [2.05, 4.69) is 64.3 Å². The minimum absolute atomic E-state index is 0.645. The first-order valence-corrected chi connectivity index (χ1v) is 7.32. The van der Waals surface area contributed by atoms with E-state index < -0.39 is 0 Å². The molecule has 2 N–H and O–H groups in total. The van der Waals surface area contributed by atoms with Crippen LogP contribution in [0.4, 0.5) is 5.69 Å². The predicted molar refractivity (Wildman–Crippen MR) is 94.0 cm³/mol. The van der Waals surface area contributed by atoms with Crippen LogP contribution in [-0.4, -0.2) is 16.9 Å².